The summed E-state index contributed by atoms with van der Waals surface area (Å²) < 4.78 is 33.0. The lowest BCUT2D eigenvalue weighted by Crippen LogP contribution is -2.63. The number of fused-ring (bicyclic) bond motifs is 1. The Balaban J connectivity index is 0.000000198. The van der Waals surface area contributed by atoms with Crippen LogP contribution in [0, 0.1) is 23.2 Å². The number of rotatable bonds is 5. The van der Waals surface area contributed by atoms with Crippen LogP contribution < -0.4 is 11.1 Å². The van der Waals surface area contributed by atoms with Gasteiger partial charge in [-0.25, -0.2) is 8.78 Å². The monoisotopic (exact) mass is 482 g/mol. The van der Waals surface area contributed by atoms with Crippen LogP contribution in [0.25, 0.3) is 17.2 Å². The highest BCUT2D eigenvalue weighted by Crippen LogP contribution is 2.51. The molecule has 1 aromatic carbocycles. The number of ether oxygens (including phenoxy) is 1. The number of halogens is 2. The fourth-order valence-electron chi connectivity index (χ4n) is 4.63. The minimum atomic E-state index is -2.97. The lowest BCUT2D eigenvalue weighted by Gasteiger charge is -2.43. The van der Waals surface area contributed by atoms with Gasteiger partial charge in [-0.3, -0.25) is 19.9 Å². The molecule has 2 fully saturated rings. The molecule has 1 aromatic heterocycles. The number of hydrogen-bond donors (Lipinski definition) is 2. The van der Waals surface area contributed by atoms with E-state index in [1.807, 2.05) is 30.3 Å². The van der Waals surface area contributed by atoms with Crippen LogP contribution in [0.1, 0.15) is 37.9 Å². The van der Waals surface area contributed by atoms with Gasteiger partial charge < -0.3 is 10.5 Å². The Morgan fingerprint density at radius 3 is 2.66 bits per heavy atom. The summed E-state index contributed by atoms with van der Waals surface area (Å²) in [5.74, 6) is -5.56. The average molecular weight is 483 g/mol. The Labute approximate surface area is 203 Å². The van der Waals surface area contributed by atoms with E-state index >= 15 is 0 Å². The van der Waals surface area contributed by atoms with Gasteiger partial charge in [0.25, 0.3) is 5.92 Å². The molecule has 1 aliphatic heterocycles. The molecular weight excluding hydrogens is 454 g/mol. The topological polar surface area (TPSA) is 118 Å². The first-order valence-electron chi connectivity index (χ1n) is 11.2. The summed E-state index contributed by atoms with van der Waals surface area (Å²) in [6.07, 6.45) is 2.53. The number of nitrogens with two attached hydrogens (primary N) is 1. The van der Waals surface area contributed by atoms with Crippen molar-refractivity contribution in [2.75, 3.05) is 6.54 Å². The van der Waals surface area contributed by atoms with Gasteiger partial charge in [-0.05, 0) is 31.6 Å². The van der Waals surface area contributed by atoms with Crippen LogP contribution >= 0.6 is 0 Å². The van der Waals surface area contributed by atoms with E-state index in [0.717, 1.165) is 16.8 Å². The summed E-state index contributed by atoms with van der Waals surface area (Å²) >= 11 is 0. The molecule has 1 amide bonds. The van der Waals surface area contributed by atoms with E-state index < -0.39 is 41.8 Å². The normalized spacial score (nSPS) is 26.4. The number of hydrogen-bond acceptors (Lipinski definition) is 6. The van der Waals surface area contributed by atoms with E-state index in [-0.39, 0.29) is 18.9 Å². The largest absolute Gasteiger partial charge is 0.461 e. The van der Waals surface area contributed by atoms with Gasteiger partial charge in [0.15, 0.2) is 0 Å². The summed E-state index contributed by atoms with van der Waals surface area (Å²) in [6.45, 7) is 6.49. The van der Waals surface area contributed by atoms with Crippen LogP contribution in [0.3, 0.4) is 0 Å². The van der Waals surface area contributed by atoms with E-state index in [1.54, 1.807) is 25.3 Å². The highest BCUT2D eigenvalue weighted by molar-refractivity contribution is 5.85. The maximum absolute atomic E-state index is 13.9. The van der Waals surface area contributed by atoms with Crippen molar-refractivity contribution in [2.24, 2.45) is 17.6 Å². The van der Waals surface area contributed by atoms with Crippen molar-refractivity contribution in [1.29, 1.82) is 5.26 Å². The van der Waals surface area contributed by atoms with E-state index in [4.69, 9.17) is 15.7 Å². The zero-order valence-electron chi connectivity index (χ0n) is 19.6. The molecule has 0 spiro atoms. The third kappa shape index (κ3) is 5.38. The van der Waals surface area contributed by atoms with Gasteiger partial charge in [0.1, 0.15) is 11.6 Å². The van der Waals surface area contributed by atoms with Gasteiger partial charge in [-0.2, -0.15) is 5.26 Å². The van der Waals surface area contributed by atoms with Crippen LogP contribution in [0.5, 0.6) is 0 Å². The quantitative estimate of drug-likeness (QED) is 0.628. The fraction of sp³-hybridized carbons (Fsp3) is 0.385. The molecule has 2 heterocycles. The molecule has 1 saturated carbocycles. The smallest absolute Gasteiger partial charge is 0.327 e. The Morgan fingerprint density at radius 2 is 2.06 bits per heavy atom. The van der Waals surface area contributed by atoms with Crippen molar-refractivity contribution in [2.45, 2.75) is 44.3 Å². The number of aromatic nitrogens is 1. The van der Waals surface area contributed by atoms with Crippen molar-refractivity contribution in [3.05, 3.63) is 60.4 Å². The Bertz CT molecular complexity index is 1150. The number of pyridine rings is 1. The number of benzene rings is 1. The molecule has 4 unspecified atom stereocenters. The molecule has 0 radical (unpaired) electrons. The molecule has 1 aliphatic carbocycles. The Kier molecular flexibility index (Phi) is 7.66. The molecule has 4 rings (SSSR count). The average Bonchev–Trinajstić information content (AvgIpc) is 3.07. The summed E-state index contributed by atoms with van der Waals surface area (Å²) in [4.78, 5) is 27.1. The van der Waals surface area contributed by atoms with Crippen molar-refractivity contribution in [3.8, 4) is 17.2 Å². The molecule has 1 saturated heterocycles. The second kappa shape index (κ2) is 10.3. The first kappa shape index (κ1) is 26.0. The molecule has 2 aromatic rings. The minimum absolute atomic E-state index is 0.172. The number of esters is 1. The lowest BCUT2D eigenvalue weighted by atomic mass is 9.67. The van der Waals surface area contributed by atoms with Crippen LogP contribution in [0.2, 0.25) is 0 Å². The van der Waals surface area contributed by atoms with Gasteiger partial charge in [0.05, 0.1) is 23.9 Å². The second-order valence-corrected chi connectivity index (χ2v) is 8.92. The highest BCUT2D eigenvalue weighted by Gasteiger charge is 2.64. The third-order valence-electron chi connectivity index (χ3n) is 6.63. The highest BCUT2D eigenvalue weighted by atomic mass is 19.3. The standard InChI is InChI=1S/C14H10N2.C12H18F2N2O3/c1-2-13-8-7-12(10-16-13)14-6-4-3-5-11(14)9-15;1-6-3-8-7(2)19-10(18)11(8,5-12(6,13)14)16-4-9(15)17/h2-8,10H,1H2;6-8,16H,3-5H2,1-2H3,(H2,15,17). The number of nitrogens with one attached hydrogen (secondary N) is 1. The SMILES string of the molecule is C=Cc1ccc(-c2ccccc2C#N)cn1.CC1OC(=O)C2(NCC(N)=O)CC(F)(F)C(C)CC12. The lowest BCUT2D eigenvalue weighted by molar-refractivity contribution is -0.155. The number of nitrogens with zero attached hydrogens (tertiary/aromatic N) is 2. The summed E-state index contributed by atoms with van der Waals surface area (Å²) in [5.41, 5.74) is 6.88. The van der Waals surface area contributed by atoms with E-state index in [0.29, 0.717) is 5.56 Å². The molecular formula is C26H28F2N4O3. The number of amides is 1. The number of carbonyl (C=O) groups is 2. The van der Waals surface area contributed by atoms with Crippen LogP contribution in [0.15, 0.2) is 49.2 Å². The molecule has 0 bridgehead atoms. The second-order valence-electron chi connectivity index (χ2n) is 8.92. The minimum Gasteiger partial charge on any atom is -0.461 e. The molecule has 184 valence electrons. The van der Waals surface area contributed by atoms with Crippen LogP contribution in [-0.4, -0.2) is 41.0 Å². The van der Waals surface area contributed by atoms with Gasteiger partial charge in [-0.15, -0.1) is 0 Å². The predicted molar refractivity (Wildman–Crippen MR) is 127 cm³/mol. The maximum Gasteiger partial charge on any atom is 0.327 e. The first-order valence-corrected chi connectivity index (χ1v) is 11.2. The maximum atomic E-state index is 13.9. The number of primary amides is 1. The molecule has 35 heavy (non-hydrogen) atoms. The molecule has 9 heteroatoms. The Morgan fingerprint density at radius 1 is 1.34 bits per heavy atom. The van der Waals surface area contributed by atoms with Crippen molar-refractivity contribution in [3.63, 3.8) is 0 Å². The van der Waals surface area contributed by atoms with E-state index in [2.05, 4.69) is 22.9 Å². The molecule has 4 atom stereocenters. The zero-order chi connectivity index (χ0) is 25.8. The first-order chi connectivity index (χ1) is 16.5. The molecule has 7 nitrogen and oxygen atoms in total. The summed E-state index contributed by atoms with van der Waals surface area (Å²) in [7, 11) is 0. The Hall–Kier alpha value is -3.64. The van der Waals surface area contributed by atoms with Crippen molar-refractivity contribution >= 4 is 18.0 Å². The van der Waals surface area contributed by atoms with Gasteiger partial charge in [-0.1, -0.05) is 37.8 Å². The molecule has 2 aliphatic rings. The number of carbonyl (C=O) groups excluding carboxylic acids is 2. The predicted octanol–water partition coefficient (Wildman–Crippen LogP) is 3.69. The van der Waals surface area contributed by atoms with Crippen LogP contribution in [0.4, 0.5) is 8.78 Å². The number of alkyl halides is 2. The molecule has 3 N–H and O–H groups in total. The van der Waals surface area contributed by atoms with Crippen molar-refractivity contribution in [1.82, 2.24) is 10.3 Å². The zero-order valence-corrected chi connectivity index (χ0v) is 19.6. The summed E-state index contributed by atoms with van der Waals surface area (Å²) in [6, 6.07) is 13.5. The third-order valence-corrected chi connectivity index (χ3v) is 6.63. The number of cyclic esters (lactones) is 1. The fourth-order valence-corrected chi connectivity index (χ4v) is 4.63. The van der Waals surface area contributed by atoms with Gasteiger partial charge in [0, 0.05) is 35.6 Å². The summed E-state index contributed by atoms with van der Waals surface area (Å²) in [5, 5.41) is 11.6. The van der Waals surface area contributed by atoms with E-state index in [9.17, 15) is 18.4 Å². The number of nitriles is 1. The van der Waals surface area contributed by atoms with Gasteiger partial charge in [0.2, 0.25) is 5.91 Å². The van der Waals surface area contributed by atoms with E-state index in [1.165, 1.54) is 6.92 Å². The van der Waals surface area contributed by atoms with Crippen LogP contribution in [-0.2, 0) is 14.3 Å². The van der Waals surface area contributed by atoms with Crippen molar-refractivity contribution < 1.29 is 23.1 Å². The van der Waals surface area contributed by atoms with Gasteiger partial charge >= 0.3 is 5.97 Å².